The Bertz CT molecular complexity index is 882. The smallest absolute Gasteiger partial charge is 0.406 e. The number of nitrogens with one attached hydrogen (secondary N) is 2. The zero-order valence-corrected chi connectivity index (χ0v) is 14.9. The van der Waals surface area contributed by atoms with Crippen molar-refractivity contribution in [3.63, 3.8) is 0 Å². The SMILES string of the molecule is CC(NC(=O)c1ccnc(NC(=O)C2CC2)c1)c1cccc(OC(F)(F)F)c1. The number of hydrogen-bond acceptors (Lipinski definition) is 4. The number of hydrogen-bond donors (Lipinski definition) is 2. The molecule has 2 aromatic rings. The number of ether oxygens (including phenoxy) is 1. The highest BCUT2D eigenvalue weighted by Crippen LogP contribution is 2.30. The lowest BCUT2D eigenvalue weighted by atomic mass is 10.1. The van der Waals surface area contributed by atoms with Gasteiger partial charge in [-0.05, 0) is 49.6 Å². The molecule has 0 bridgehead atoms. The molecule has 2 N–H and O–H groups in total. The maximum absolute atomic E-state index is 12.5. The fourth-order valence-corrected chi connectivity index (χ4v) is 2.56. The Labute approximate surface area is 159 Å². The Morgan fingerprint density at radius 2 is 1.96 bits per heavy atom. The molecule has 28 heavy (non-hydrogen) atoms. The summed E-state index contributed by atoms with van der Waals surface area (Å²) in [6.45, 7) is 1.64. The van der Waals surface area contributed by atoms with Crippen molar-refractivity contribution in [2.75, 3.05) is 5.32 Å². The zero-order chi connectivity index (χ0) is 20.3. The second-order valence-corrected chi connectivity index (χ2v) is 6.51. The zero-order valence-electron chi connectivity index (χ0n) is 14.9. The van der Waals surface area contributed by atoms with Crippen LogP contribution in [0.25, 0.3) is 0 Å². The normalized spacial score (nSPS) is 14.9. The van der Waals surface area contributed by atoms with Gasteiger partial charge in [0.1, 0.15) is 11.6 Å². The maximum atomic E-state index is 12.5. The van der Waals surface area contributed by atoms with Crippen LogP contribution in [0.1, 0.15) is 41.7 Å². The number of rotatable bonds is 6. The van der Waals surface area contributed by atoms with E-state index in [4.69, 9.17) is 0 Å². The topological polar surface area (TPSA) is 80.3 Å². The van der Waals surface area contributed by atoms with Gasteiger partial charge in [-0.2, -0.15) is 0 Å². The van der Waals surface area contributed by atoms with Crippen molar-refractivity contribution in [2.24, 2.45) is 5.92 Å². The van der Waals surface area contributed by atoms with Crippen LogP contribution in [-0.2, 0) is 4.79 Å². The van der Waals surface area contributed by atoms with Crippen LogP contribution in [0.2, 0.25) is 0 Å². The minimum absolute atomic E-state index is 0.00509. The highest BCUT2D eigenvalue weighted by atomic mass is 19.4. The largest absolute Gasteiger partial charge is 0.573 e. The third-order valence-corrected chi connectivity index (χ3v) is 4.16. The van der Waals surface area contributed by atoms with Crippen molar-refractivity contribution >= 4 is 17.6 Å². The second-order valence-electron chi connectivity index (χ2n) is 6.51. The van der Waals surface area contributed by atoms with Crippen molar-refractivity contribution in [3.05, 3.63) is 53.7 Å². The van der Waals surface area contributed by atoms with E-state index in [0.717, 1.165) is 12.8 Å². The molecule has 1 aromatic heterocycles. The van der Waals surface area contributed by atoms with E-state index in [9.17, 15) is 22.8 Å². The van der Waals surface area contributed by atoms with Crippen molar-refractivity contribution in [3.8, 4) is 5.75 Å². The number of anilines is 1. The number of nitrogens with zero attached hydrogens (tertiary/aromatic N) is 1. The van der Waals surface area contributed by atoms with Gasteiger partial charge in [-0.3, -0.25) is 9.59 Å². The Kier molecular flexibility index (Phi) is 5.53. The molecule has 1 aliphatic carbocycles. The summed E-state index contributed by atoms with van der Waals surface area (Å²) in [5.74, 6) is -0.651. The van der Waals surface area contributed by atoms with E-state index >= 15 is 0 Å². The third kappa shape index (κ3) is 5.45. The first-order valence-corrected chi connectivity index (χ1v) is 8.65. The molecule has 9 heteroatoms. The Morgan fingerprint density at radius 1 is 1.21 bits per heavy atom. The van der Waals surface area contributed by atoms with E-state index < -0.39 is 18.3 Å². The van der Waals surface area contributed by atoms with Crippen LogP contribution in [-0.4, -0.2) is 23.2 Å². The van der Waals surface area contributed by atoms with Crippen molar-refractivity contribution < 1.29 is 27.5 Å². The summed E-state index contributed by atoms with van der Waals surface area (Å²) in [5, 5.41) is 5.36. The summed E-state index contributed by atoms with van der Waals surface area (Å²) >= 11 is 0. The predicted molar refractivity (Wildman–Crippen MR) is 94.6 cm³/mol. The minimum atomic E-state index is -4.79. The van der Waals surface area contributed by atoms with Crippen molar-refractivity contribution in [1.82, 2.24) is 10.3 Å². The number of aromatic nitrogens is 1. The van der Waals surface area contributed by atoms with Crippen LogP contribution in [0, 0.1) is 5.92 Å². The van der Waals surface area contributed by atoms with E-state index in [1.807, 2.05) is 0 Å². The first-order chi connectivity index (χ1) is 13.2. The van der Waals surface area contributed by atoms with Crippen LogP contribution < -0.4 is 15.4 Å². The molecule has 1 unspecified atom stereocenters. The summed E-state index contributed by atoms with van der Waals surface area (Å²) in [6, 6.07) is 7.76. The van der Waals surface area contributed by atoms with Crippen LogP contribution >= 0.6 is 0 Å². The lowest BCUT2D eigenvalue weighted by molar-refractivity contribution is -0.274. The van der Waals surface area contributed by atoms with Gasteiger partial charge in [0, 0.05) is 17.7 Å². The highest BCUT2D eigenvalue weighted by Gasteiger charge is 2.31. The standard InChI is InChI=1S/C19H18F3N3O3/c1-11(13-3-2-4-15(9-13)28-19(20,21)22)24-18(27)14-7-8-23-16(10-14)25-17(26)12-5-6-12/h2-4,7-12H,5-6H2,1H3,(H,24,27)(H,23,25,26). The number of amides is 2. The fourth-order valence-electron chi connectivity index (χ4n) is 2.56. The van der Waals surface area contributed by atoms with E-state index in [1.165, 1.54) is 36.5 Å². The molecule has 2 amide bonds. The van der Waals surface area contributed by atoms with Gasteiger partial charge in [0.15, 0.2) is 0 Å². The first-order valence-electron chi connectivity index (χ1n) is 8.65. The molecule has 1 aliphatic rings. The van der Waals surface area contributed by atoms with Crippen LogP contribution in [0.3, 0.4) is 0 Å². The minimum Gasteiger partial charge on any atom is -0.406 e. The summed E-state index contributed by atoms with van der Waals surface area (Å²) in [4.78, 5) is 28.3. The molecular weight excluding hydrogens is 375 g/mol. The molecule has 0 radical (unpaired) electrons. The maximum Gasteiger partial charge on any atom is 0.573 e. The molecule has 1 fully saturated rings. The van der Waals surface area contributed by atoms with E-state index in [2.05, 4.69) is 20.4 Å². The summed E-state index contributed by atoms with van der Waals surface area (Å²) in [7, 11) is 0. The van der Waals surface area contributed by atoms with Gasteiger partial charge in [-0.1, -0.05) is 12.1 Å². The molecule has 1 saturated carbocycles. The van der Waals surface area contributed by atoms with Crippen LogP contribution in [0.15, 0.2) is 42.6 Å². The summed E-state index contributed by atoms with van der Waals surface area (Å²) < 4.78 is 41.0. The Balaban J connectivity index is 1.65. The van der Waals surface area contributed by atoms with Crippen molar-refractivity contribution in [2.45, 2.75) is 32.2 Å². The van der Waals surface area contributed by atoms with Gasteiger partial charge in [0.25, 0.3) is 5.91 Å². The molecule has 6 nitrogen and oxygen atoms in total. The molecule has 0 spiro atoms. The number of pyridine rings is 1. The molecular formula is C19H18F3N3O3. The number of carbonyl (C=O) groups is 2. The second kappa shape index (κ2) is 7.87. The summed E-state index contributed by atoms with van der Waals surface area (Å²) in [5.41, 5.74) is 0.724. The van der Waals surface area contributed by atoms with Gasteiger partial charge >= 0.3 is 6.36 Å². The molecule has 0 aliphatic heterocycles. The molecule has 0 saturated heterocycles. The molecule has 1 heterocycles. The number of alkyl halides is 3. The fraction of sp³-hybridized carbons (Fsp3) is 0.316. The van der Waals surface area contributed by atoms with E-state index in [0.29, 0.717) is 5.56 Å². The number of halogens is 3. The first kappa shape index (κ1) is 19.7. The van der Waals surface area contributed by atoms with Crippen LogP contribution in [0.5, 0.6) is 5.75 Å². The van der Waals surface area contributed by atoms with Gasteiger partial charge in [0.05, 0.1) is 6.04 Å². The quantitative estimate of drug-likeness (QED) is 0.782. The average Bonchev–Trinajstić information content (AvgIpc) is 3.46. The van der Waals surface area contributed by atoms with Gasteiger partial charge in [-0.25, -0.2) is 4.98 Å². The average molecular weight is 393 g/mol. The van der Waals surface area contributed by atoms with Crippen molar-refractivity contribution in [1.29, 1.82) is 0 Å². The molecule has 148 valence electrons. The van der Waals surface area contributed by atoms with E-state index in [-0.39, 0.29) is 29.0 Å². The van der Waals surface area contributed by atoms with Gasteiger partial charge < -0.3 is 15.4 Å². The lowest BCUT2D eigenvalue weighted by Crippen LogP contribution is -2.27. The highest BCUT2D eigenvalue weighted by molar-refractivity contribution is 5.97. The number of benzene rings is 1. The van der Waals surface area contributed by atoms with Crippen LogP contribution in [0.4, 0.5) is 19.0 Å². The number of carbonyl (C=O) groups excluding carboxylic acids is 2. The predicted octanol–water partition coefficient (Wildman–Crippen LogP) is 3.82. The molecule has 1 atom stereocenters. The van der Waals surface area contributed by atoms with Gasteiger partial charge in [-0.15, -0.1) is 13.2 Å². The summed E-state index contributed by atoms with van der Waals surface area (Å²) in [6.07, 6.45) is -1.69. The monoisotopic (exact) mass is 393 g/mol. The van der Waals surface area contributed by atoms with Gasteiger partial charge in [0.2, 0.25) is 5.91 Å². The third-order valence-electron chi connectivity index (χ3n) is 4.16. The lowest BCUT2D eigenvalue weighted by Gasteiger charge is -2.16. The molecule has 1 aromatic carbocycles. The Morgan fingerprint density at radius 3 is 2.64 bits per heavy atom. The molecule has 3 rings (SSSR count). The Hall–Kier alpha value is -3.10. The van der Waals surface area contributed by atoms with E-state index in [1.54, 1.807) is 13.0 Å².